The van der Waals surface area contributed by atoms with Crippen LogP contribution >= 0.6 is 11.3 Å². The van der Waals surface area contributed by atoms with Gasteiger partial charge in [-0.2, -0.15) is 13.2 Å². The van der Waals surface area contributed by atoms with Crippen LogP contribution in [0.15, 0.2) is 10.4 Å². The van der Waals surface area contributed by atoms with Crippen molar-refractivity contribution in [3.8, 4) is 0 Å². The van der Waals surface area contributed by atoms with Gasteiger partial charge in [-0.15, -0.1) is 11.3 Å². The largest absolute Gasteiger partial charge is 0.434 e. The molecule has 25 heavy (non-hydrogen) atoms. The smallest absolute Gasteiger partial charge is 0.356 e. The molecule has 1 unspecified atom stereocenters. The van der Waals surface area contributed by atoms with Gasteiger partial charge in [-0.25, -0.2) is 4.98 Å². The number of nitrogens with zero attached hydrogens (tertiary/aromatic N) is 2. The Labute approximate surface area is 149 Å². The highest BCUT2D eigenvalue weighted by Gasteiger charge is 2.33. The van der Waals surface area contributed by atoms with E-state index in [0.29, 0.717) is 36.9 Å². The molecule has 3 N–H and O–H groups in total. The van der Waals surface area contributed by atoms with Gasteiger partial charge in [-0.1, -0.05) is 6.92 Å². The summed E-state index contributed by atoms with van der Waals surface area (Å²) in [4.78, 5) is 19.2. The summed E-state index contributed by atoms with van der Waals surface area (Å²) < 4.78 is 37.4. The molecule has 0 fully saturated rings. The van der Waals surface area contributed by atoms with Gasteiger partial charge in [0, 0.05) is 44.4 Å². The number of hydrogen-bond acceptors (Lipinski definition) is 4. The maximum Gasteiger partial charge on any atom is 0.434 e. The van der Waals surface area contributed by atoms with E-state index in [1.165, 1.54) is 0 Å². The minimum absolute atomic E-state index is 0.0419. The fraction of sp³-hybridized carbons (Fsp3) is 0.667. The first-order valence-corrected chi connectivity index (χ1v) is 8.89. The van der Waals surface area contributed by atoms with Crippen molar-refractivity contribution < 1.29 is 18.0 Å². The van der Waals surface area contributed by atoms with Gasteiger partial charge < -0.3 is 16.0 Å². The lowest BCUT2D eigenvalue weighted by atomic mass is 10.2. The summed E-state index contributed by atoms with van der Waals surface area (Å²) in [5, 5.41) is 10.3. The third-order valence-electron chi connectivity index (χ3n) is 3.36. The second kappa shape index (κ2) is 10.2. The quantitative estimate of drug-likeness (QED) is 0.478. The summed E-state index contributed by atoms with van der Waals surface area (Å²) in [5.41, 5.74) is -0.859. The van der Waals surface area contributed by atoms with Gasteiger partial charge in [-0.05, 0) is 13.3 Å². The number of carbonyl (C=O) groups is 1. The van der Waals surface area contributed by atoms with Crippen molar-refractivity contribution in [1.29, 1.82) is 0 Å². The normalized spacial score (nSPS) is 13.4. The van der Waals surface area contributed by atoms with Crippen LogP contribution in [0.1, 0.15) is 37.4 Å². The fourth-order valence-electron chi connectivity index (χ4n) is 1.81. The van der Waals surface area contributed by atoms with E-state index in [0.717, 1.165) is 23.1 Å². The molecule has 1 atom stereocenters. The van der Waals surface area contributed by atoms with E-state index < -0.39 is 11.9 Å². The standard InChI is InChI=1S/C15H24F3N5OS/c1-4-10(2)22-12(24)5-7-20-14(19-3)21-8-6-13-23-11(9-25-13)15(16,17)18/h9-10H,4-8H2,1-3H3,(H,22,24)(H2,19,20,21). The molecule has 1 aromatic heterocycles. The zero-order valence-electron chi connectivity index (χ0n) is 14.5. The summed E-state index contributed by atoms with van der Waals surface area (Å²) >= 11 is 0.981. The van der Waals surface area contributed by atoms with Gasteiger partial charge in [0.05, 0.1) is 5.01 Å². The van der Waals surface area contributed by atoms with Crippen molar-refractivity contribution in [2.75, 3.05) is 20.1 Å². The Morgan fingerprint density at radius 1 is 1.36 bits per heavy atom. The molecule has 10 heteroatoms. The summed E-state index contributed by atoms with van der Waals surface area (Å²) in [7, 11) is 1.58. The van der Waals surface area contributed by atoms with E-state index in [2.05, 4.69) is 25.9 Å². The van der Waals surface area contributed by atoms with Crippen LogP contribution in [0.3, 0.4) is 0 Å². The molecule has 0 aromatic carbocycles. The Bertz CT molecular complexity index is 574. The van der Waals surface area contributed by atoms with E-state index in [9.17, 15) is 18.0 Å². The Balaban J connectivity index is 2.28. The third-order valence-corrected chi connectivity index (χ3v) is 4.27. The second-order valence-corrected chi connectivity index (χ2v) is 6.37. The number of nitrogens with one attached hydrogen (secondary N) is 3. The molecular weight excluding hydrogens is 355 g/mol. The van der Waals surface area contributed by atoms with Gasteiger partial charge in [-0.3, -0.25) is 9.79 Å². The predicted molar refractivity (Wildman–Crippen MR) is 92.7 cm³/mol. The summed E-state index contributed by atoms with van der Waals surface area (Å²) in [6, 6.07) is 0.143. The molecular formula is C15H24F3N5OS. The van der Waals surface area contributed by atoms with Crippen molar-refractivity contribution >= 4 is 23.2 Å². The number of rotatable bonds is 8. The number of amides is 1. The molecule has 0 spiro atoms. The maximum absolute atomic E-state index is 12.5. The number of carbonyl (C=O) groups excluding carboxylic acids is 1. The Kier molecular flexibility index (Phi) is 8.67. The second-order valence-electron chi connectivity index (χ2n) is 5.43. The fourth-order valence-corrected chi connectivity index (χ4v) is 2.61. The lowest BCUT2D eigenvalue weighted by Gasteiger charge is -2.13. The Hall–Kier alpha value is -1.84. The van der Waals surface area contributed by atoms with E-state index in [1.54, 1.807) is 7.05 Å². The lowest BCUT2D eigenvalue weighted by Crippen LogP contribution is -2.41. The van der Waals surface area contributed by atoms with Crippen LogP contribution in [0.2, 0.25) is 0 Å². The number of alkyl halides is 3. The van der Waals surface area contributed by atoms with Crippen LogP contribution in [0.4, 0.5) is 13.2 Å². The number of aromatic nitrogens is 1. The molecule has 0 saturated carbocycles. The number of hydrogen-bond donors (Lipinski definition) is 3. The van der Waals surface area contributed by atoms with Gasteiger partial charge in [0.15, 0.2) is 11.7 Å². The molecule has 0 aliphatic rings. The van der Waals surface area contributed by atoms with Crippen molar-refractivity contribution in [3.05, 3.63) is 16.1 Å². The molecule has 1 heterocycles. The zero-order chi connectivity index (χ0) is 18.9. The van der Waals surface area contributed by atoms with Crippen molar-refractivity contribution in [2.24, 2.45) is 4.99 Å². The third kappa shape index (κ3) is 8.19. The van der Waals surface area contributed by atoms with Gasteiger partial charge in [0.1, 0.15) is 0 Å². The average molecular weight is 379 g/mol. The van der Waals surface area contributed by atoms with Crippen molar-refractivity contribution in [3.63, 3.8) is 0 Å². The van der Waals surface area contributed by atoms with E-state index in [1.807, 2.05) is 13.8 Å². The van der Waals surface area contributed by atoms with Crippen LogP contribution in [-0.2, 0) is 17.4 Å². The summed E-state index contributed by atoms with van der Waals surface area (Å²) in [5.74, 6) is 0.448. The highest BCUT2D eigenvalue weighted by molar-refractivity contribution is 7.09. The molecule has 6 nitrogen and oxygen atoms in total. The van der Waals surface area contributed by atoms with Gasteiger partial charge >= 0.3 is 6.18 Å². The highest BCUT2D eigenvalue weighted by Crippen LogP contribution is 2.29. The van der Waals surface area contributed by atoms with E-state index in [4.69, 9.17) is 0 Å². The predicted octanol–water partition coefficient (Wildman–Crippen LogP) is 2.17. The molecule has 0 aliphatic heterocycles. The first-order valence-electron chi connectivity index (χ1n) is 8.01. The molecule has 0 radical (unpaired) electrons. The van der Waals surface area contributed by atoms with E-state index >= 15 is 0 Å². The SMILES string of the molecule is CCC(C)NC(=O)CCNC(=NC)NCCc1nc(C(F)(F)F)cs1. The first kappa shape index (κ1) is 21.2. The molecule has 1 aromatic rings. The van der Waals surface area contributed by atoms with Crippen molar-refractivity contribution in [2.45, 2.75) is 45.3 Å². The monoisotopic (exact) mass is 379 g/mol. The molecule has 0 bridgehead atoms. The maximum atomic E-state index is 12.5. The molecule has 1 amide bonds. The van der Waals surface area contributed by atoms with Crippen molar-refractivity contribution in [1.82, 2.24) is 20.9 Å². The minimum atomic E-state index is -4.41. The molecule has 142 valence electrons. The number of guanidine groups is 1. The van der Waals surface area contributed by atoms with E-state index in [-0.39, 0.29) is 11.9 Å². The Morgan fingerprint density at radius 2 is 2.04 bits per heavy atom. The average Bonchev–Trinajstić information content (AvgIpc) is 3.02. The molecule has 1 rings (SSSR count). The number of aliphatic imine (C=N–C) groups is 1. The molecule has 0 aliphatic carbocycles. The van der Waals surface area contributed by atoms with Gasteiger partial charge in [0.25, 0.3) is 0 Å². The lowest BCUT2D eigenvalue weighted by molar-refractivity contribution is -0.140. The number of thiazole rings is 1. The van der Waals surface area contributed by atoms with Crippen LogP contribution in [0, 0.1) is 0 Å². The van der Waals surface area contributed by atoms with Crippen LogP contribution in [-0.4, -0.2) is 43.0 Å². The van der Waals surface area contributed by atoms with Crippen LogP contribution in [0.5, 0.6) is 0 Å². The number of halogens is 3. The van der Waals surface area contributed by atoms with Crippen LogP contribution in [0.25, 0.3) is 0 Å². The molecule has 0 saturated heterocycles. The topological polar surface area (TPSA) is 78.4 Å². The first-order chi connectivity index (χ1) is 11.8. The highest BCUT2D eigenvalue weighted by atomic mass is 32.1. The Morgan fingerprint density at radius 3 is 2.60 bits per heavy atom. The minimum Gasteiger partial charge on any atom is -0.356 e. The summed E-state index contributed by atoms with van der Waals surface area (Å²) in [6.45, 7) is 4.74. The van der Waals surface area contributed by atoms with Crippen LogP contribution < -0.4 is 16.0 Å². The summed E-state index contributed by atoms with van der Waals surface area (Å²) in [6.07, 6.45) is -2.87. The zero-order valence-corrected chi connectivity index (χ0v) is 15.4. The van der Waals surface area contributed by atoms with Gasteiger partial charge in [0.2, 0.25) is 5.91 Å².